The van der Waals surface area contributed by atoms with E-state index < -0.39 is 8.07 Å². The van der Waals surface area contributed by atoms with Crippen molar-refractivity contribution in [2.24, 2.45) is 0 Å². The maximum atomic E-state index is 4.16. The first-order valence-electron chi connectivity index (χ1n) is 2.17. The molecule has 6 heavy (non-hydrogen) atoms. The standard InChI is InChI=1S/C4H11PSi/c1-6(2,3)4-5/h4H2,1-3H3. The first-order chi connectivity index (χ1) is 2.56. The lowest BCUT2D eigenvalue weighted by molar-refractivity contribution is 1.68. The van der Waals surface area contributed by atoms with Crippen LogP contribution in [-0.4, -0.2) is 13.9 Å². The third kappa shape index (κ3) is 4.65. The molecule has 0 N–H and O–H groups in total. The Bertz CT molecular complexity index is 37.3. The molecule has 0 bridgehead atoms. The molecule has 0 rings (SSSR count). The molecule has 0 aromatic carbocycles. The molecule has 0 spiro atoms. The highest BCUT2D eigenvalue weighted by Gasteiger charge is 2.07. The number of hydrogen-bond donors (Lipinski definition) is 0. The summed E-state index contributed by atoms with van der Waals surface area (Å²) in [6.45, 7) is 6.92. The molecule has 0 aromatic heterocycles. The van der Waals surface area contributed by atoms with Crippen LogP contribution in [-0.2, 0) is 0 Å². The van der Waals surface area contributed by atoms with E-state index in [1.807, 2.05) is 0 Å². The zero-order chi connectivity index (χ0) is 5.21. The van der Waals surface area contributed by atoms with Crippen LogP contribution in [0.25, 0.3) is 0 Å². The largest absolute Gasteiger partial charge is 0.0693 e. The molecule has 2 heteroatoms. The van der Waals surface area contributed by atoms with Crippen LogP contribution in [0.5, 0.6) is 0 Å². The van der Waals surface area contributed by atoms with Gasteiger partial charge in [-0.15, -0.1) is 0 Å². The molecule has 0 aromatic rings. The summed E-state index contributed by atoms with van der Waals surface area (Å²) in [6.07, 6.45) is 0. The van der Waals surface area contributed by atoms with Gasteiger partial charge >= 0.3 is 0 Å². The lowest BCUT2D eigenvalue weighted by Crippen LogP contribution is -2.21. The van der Waals surface area contributed by atoms with E-state index in [2.05, 4.69) is 28.9 Å². The van der Waals surface area contributed by atoms with E-state index in [9.17, 15) is 0 Å². The Kier molecular flexibility index (Phi) is 2.31. The van der Waals surface area contributed by atoms with Gasteiger partial charge in [0.25, 0.3) is 0 Å². The van der Waals surface area contributed by atoms with E-state index in [1.165, 1.54) is 0 Å². The zero-order valence-corrected chi connectivity index (χ0v) is 6.55. The first-order valence-corrected chi connectivity index (χ1v) is 6.51. The molecular weight excluding hydrogens is 107 g/mol. The molecule has 0 heterocycles. The van der Waals surface area contributed by atoms with Crippen molar-refractivity contribution in [3.05, 3.63) is 0 Å². The van der Waals surface area contributed by atoms with Crippen molar-refractivity contribution in [2.75, 3.05) is 5.79 Å². The summed E-state index contributed by atoms with van der Waals surface area (Å²) in [4.78, 5) is 0. The highest BCUT2D eigenvalue weighted by molar-refractivity contribution is 7.23. The monoisotopic (exact) mass is 118 g/mol. The predicted octanol–water partition coefficient (Wildman–Crippen LogP) is 2.27. The highest BCUT2D eigenvalue weighted by atomic mass is 31.0. The summed E-state index contributed by atoms with van der Waals surface area (Å²) >= 11 is 0. The minimum Gasteiger partial charge on any atom is -0.0693 e. The van der Waals surface area contributed by atoms with Gasteiger partial charge in [0.2, 0.25) is 0 Å². The molecule has 0 nitrogen and oxygen atoms in total. The normalized spacial score (nSPS) is 12.0. The summed E-state index contributed by atoms with van der Waals surface area (Å²) < 4.78 is 0. The van der Waals surface area contributed by atoms with E-state index in [0.717, 1.165) is 5.79 Å². The van der Waals surface area contributed by atoms with Crippen LogP contribution in [0.3, 0.4) is 0 Å². The van der Waals surface area contributed by atoms with E-state index in [4.69, 9.17) is 0 Å². The van der Waals surface area contributed by atoms with Gasteiger partial charge in [-0.1, -0.05) is 19.6 Å². The van der Waals surface area contributed by atoms with Crippen LogP contribution in [0.15, 0.2) is 0 Å². The van der Waals surface area contributed by atoms with Gasteiger partial charge in [0.05, 0.1) is 0 Å². The van der Waals surface area contributed by atoms with Crippen molar-refractivity contribution < 1.29 is 0 Å². The highest BCUT2D eigenvalue weighted by Crippen LogP contribution is 2.02. The van der Waals surface area contributed by atoms with Gasteiger partial charge in [0.1, 0.15) is 0 Å². The summed E-state index contributed by atoms with van der Waals surface area (Å²) in [5.74, 6) is 1.10. The van der Waals surface area contributed by atoms with Crippen molar-refractivity contribution in [3.63, 3.8) is 0 Å². The molecule has 0 aliphatic rings. The lowest BCUT2D eigenvalue weighted by Gasteiger charge is -2.08. The molecule has 0 aliphatic carbocycles. The van der Waals surface area contributed by atoms with E-state index in [0.29, 0.717) is 0 Å². The Hall–Kier alpha value is 0.647. The molecule has 0 fully saturated rings. The van der Waals surface area contributed by atoms with Gasteiger partial charge in [0, 0.05) is 8.07 Å². The summed E-state index contributed by atoms with van der Waals surface area (Å²) in [7, 11) is 3.40. The minimum atomic E-state index is -0.767. The molecule has 0 amide bonds. The predicted molar refractivity (Wildman–Crippen MR) is 35.1 cm³/mol. The van der Waals surface area contributed by atoms with Gasteiger partial charge in [-0.3, -0.25) is 0 Å². The van der Waals surface area contributed by atoms with Gasteiger partial charge in [-0.2, -0.15) is 0 Å². The van der Waals surface area contributed by atoms with Crippen LogP contribution in [0, 0.1) is 0 Å². The molecule has 0 atom stereocenters. The van der Waals surface area contributed by atoms with E-state index in [-0.39, 0.29) is 0 Å². The fraction of sp³-hybridized carbons (Fsp3) is 1.00. The lowest BCUT2D eigenvalue weighted by atomic mass is 11.8. The van der Waals surface area contributed by atoms with Gasteiger partial charge in [-0.25, -0.2) is 0 Å². The van der Waals surface area contributed by atoms with Crippen molar-refractivity contribution in [3.8, 4) is 0 Å². The third-order valence-corrected chi connectivity index (χ3v) is 4.27. The summed E-state index contributed by atoms with van der Waals surface area (Å²) in [5.41, 5.74) is 0. The quantitative estimate of drug-likeness (QED) is 0.366. The Morgan fingerprint density at radius 1 is 1.33 bits per heavy atom. The first kappa shape index (κ1) is 6.65. The Labute approximate surface area is 43.5 Å². The topological polar surface area (TPSA) is 0 Å². The third-order valence-electron chi connectivity index (χ3n) is 0.474. The number of rotatable bonds is 1. The SMILES string of the molecule is C[Si](C)(C)C[P]. The molecule has 0 saturated carbocycles. The van der Waals surface area contributed by atoms with E-state index >= 15 is 0 Å². The smallest absolute Gasteiger partial charge is 0.0493 e. The second-order valence-corrected chi connectivity index (χ2v) is 9.11. The zero-order valence-electron chi connectivity index (χ0n) is 4.65. The Balaban J connectivity index is 3.17. The Morgan fingerprint density at radius 2 is 1.50 bits per heavy atom. The van der Waals surface area contributed by atoms with Crippen LogP contribution in [0.4, 0.5) is 0 Å². The minimum absolute atomic E-state index is 0.767. The van der Waals surface area contributed by atoms with Crippen LogP contribution >= 0.6 is 9.24 Å². The summed E-state index contributed by atoms with van der Waals surface area (Å²) in [6, 6.07) is 0. The second-order valence-electron chi connectivity index (χ2n) is 2.72. The fourth-order valence-corrected chi connectivity index (χ4v) is 0. The molecule has 0 saturated heterocycles. The van der Waals surface area contributed by atoms with Crippen molar-refractivity contribution in [1.29, 1.82) is 0 Å². The second kappa shape index (κ2) is 2.09. The number of hydrogen-bond acceptors (Lipinski definition) is 0. The fourth-order valence-electron chi connectivity index (χ4n) is 0. The molecule has 2 radical (unpaired) electrons. The molecule has 36 valence electrons. The van der Waals surface area contributed by atoms with Gasteiger partial charge in [0.15, 0.2) is 0 Å². The molecular formula is C4H11PSi. The van der Waals surface area contributed by atoms with Crippen LogP contribution < -0.4 is 0 Å². The van der Waals surface area contributed by atoms with Gasteiger partial charge < -0.3 is 0 Å². The molecule has 0 unspecified atom stereocenters. The van der Waals surface area contributed by atoms with Gasteiger partial charge in [-0.05, 0) is 15.0 Å². The van der Waals surface area contributed by atoms with Crippen LogP contribution in [0.1, 0.15) is 0 Å². The maximum Gasteiger partial charge on any atom is 0.0493 e. The average Bonchev–Trinajstić information content (AvgIpc) is 1.35. The Morgan fingerprint density at radius 3 is 1.50 bits per heavy atom. The summed E-state index contributed by atoms with van der Waals surface area (Å²) in [5, 5.41) is 0. The average molecular weight is 118 g/mol. The molecule has 0 aliphatic heterocycles. The van der Waals surface area contributed by atoms with Crippen molar-refractivity contribution >= 4 is 17.3 Å². The van der Waals surface area contributed by atoms with E-state index in [1.54, 1.807) is 0 Å². The maximum absolute atomic E-state index is 4.16. The van der Waals surface area contributed by atoms with Crippen molar-refractivity contribution in [2.45, 2.75) is 19.6 Å². The van der Waals surface area contributed by atoms with Crippen LogP contribution in [0.2, 0.25) is 19.6 Å². The van der Waals surface area contributed by atoms with Crippen molar-refractivity contribution in [1.82, 2.24) is 0 Å².